The number of methoxy groups -OCH3 is 2. The summed E-state index contributed by atoms with van der Waals surface area (Å²) in [4.78, 5) is 34.0. The van der Waals surface area contributed by atoms with Crippen molar-refractivity contribution in [2.24, 2.45) is 5.92 Å². The van der Waals surface area contributed by atoms with Gasteiger partial charge in [-0.2, -0.15) is 0 Å². The van der Waals surface area contributed by atoms with Gasteiger partial charge in [-0.3, -0.25) is 9.69 Å². The highest BCUT2D eigenvalue weighted by Crippen LogP contribution is 2.44. The van der Waals surface area contributed by atoms with Gasteiger partial charge in [-0.1, -0.05) is 79.5 Å². The quantitative estimate of drug-likeness (QED) is 0.146. The van der Waals surface area contributed by atoms with E-state index in [9.17, 15) is 14.7 Å². The van der Waals surface area contributed by atoms with Gasteiger partial charge in [0.25, 0.3) is 0 Å². The van der Waals surface area contributed by atoms with E-state index in [1.165, 1.54) is 12.7 Å². The molecule has 1 aromatic heterocycles. The predicted molar refractivity (Wildman–Crippen MR) is 221 cm³/mol. The minimum Gasteiger partial charge on any atom is -0.496 e. The minimum atomic E-state index is -0.695. The van der Waals surface area contributed by atoms with E-state index in [4.69, 9.17) is 42.4 Å². The van der Waals surface area contributed by atoms with E-state index in [-0.39, 0.29) is 30.5 Å². The van der Waals surface area contributed by atoms with Crippen molar-refractivity contribution in [3.05, 3.63) is 87.4 Å². The Morgan fingerprint density at radius 3 is 2.29 bits per heavy atom. The van der Waals surface area contributed by atoms with Crippen molar-refractivity contribution in [2.45, 2.75) is 84.7 Å². The van der Waals surface area contributed by atoms with Crippen LogP contribution in [0.3, 0.4) is 0 Å². The molecule has 0 spiro atoms. The lowest BCUT2D eigenvalue weighted by Gasteiger charge is -2.32. The molecule has 298 valence electrons. The van der Waals surface area contributed by atoms with E-state index in [2.05, 4.69) is 16.3 Å². The molecule has 56 heavy (non-hydrogen) atoms. The number of hydrogen-bond donors (Lipinski definition) is 2. The highest BCUT2D eigenvalue weighted by Gasteiger charge is 2.30. The zero-order valence-corrected chi connectivity index (χ0v) is 34.8. The van der Waals surface area contributed by atoms with Crippen molar-refractivity contribution in [1.82, 2.24) is 20.1 Å². The largest absolute Gasteiger partial charge is 0.496 e. The van der Waals surface area contributed by atoms with Gasteiger partial charge in [0.15, 0.2) is 0 Å². The number of hydrogen-bond acceptors (Lipinski definition) is 8. The Hall–Kier alpha value is -4.35. The number of nitrogens with one attached hydrogen (secondary N) is 1. The standard InChI is InChI=1S/C44H52Cl2N4O6/c1-26(2)37(51)25-49-19-18-27-20-29(21-38(54-6)35(27)24-49)31-10-8-11-32(40(31)45)33-12-9-13-34(41(33)46)36-16-14-28(42(48-36)55-7)22-50(43(53)56-44(3,4)5)23-30-15-17-39(52)47-30/h8-14,16,20-21,26,30,37,51H,15,17-19,22-25H2,1-7H3,(H,47,52)/t30-,37?/m0/s1. The Kier molecular flexibility index (Phi) is 12.8. The first-order valence-electron chi connectivity index (χ1n) is 19.1. The topological polar surface area (TPSA) is 113 Å². The second kappa shape index (κ2) is 17.4. The van der Waals surface area contributed by atoms with Gasteiger partial charge in [0.05, 0.1) is 42.6 Å². The van der Waals surface area contributed by atoms with Crippen molar-refractivity contribution in [3.63, 3.8) is 0 Å². The number of carbonyl (C=O) groups excluding carboxylic acids is 2. The lowest BCUT2D eigenvalue weighted by molar-refractivity contribution is -0.119. The molecule has 10 nitrogen and oxygen atoms in total. The van der Waals surface area contributed by atoms with Crippen molar-refractivity contribution >= 4 is 35.2 Å². The molecule has 3 aromatic carbocycles. The van der Waals surface area contributed by atoms with Gasteiger partial charge < -0.3 is 29.5 Å². The second-order valence-corrected chi connectivity index (χ2v) is 16.7. The summed E-state index contributed by atoms with van der Waals surface area (Å²) < 4.78 is 17.4. The maximum atomic E-state index is 13.3. The van der Waals surface area contributed by atoms with Crippen molar-refractivity contribution in [2.75, 3.05) is 33.9 Å². The Morgan fingerprint density at radius 1 is 0.982 bits per heavy atom. The van der Waals surface area contributed by atoms with Crippen LogP contribution in [0.4, 0.5) is 4.79 Å². The smallest absolute Gasteiger partial charge is 0.410 e. The number of nitrogens with zero attached hydrogens (tertiary/aromatic N) is 3. The first-order chi connectivity index (χ1) is 26.6. The number of halogens is 2. The monoisotopic (exact) mass is 802 g/mol. The fraction of sp³-hybridized carbons (Fsp3) is 0.432. The number of aliphatic hydroxyl groups excluding tert-OH is 1. The molecule has 0 radical (unpaired) electrons. The summed E-state index contributed by atoms with van der Waals surface area (Å²) in [5.74, 6) is 1.30. The number of fused-ring (bicyclic) bond motifs is 1. The maximum Gasteiger partial charge on any atom is 0.410 e. The minimum absolute atomic E-state index is 0.0273. The molecule has 0 saturated carbocycles. The number of aliphatic hydroxyl groups is 1. The molecule has 1 saturated heterocycles. The Labute approximate surface area is 340 Å². The third kappa shape index (κ3) is 9.43. The molecule has 2 aliphatic heterocycles. The highest BCUT2D eigenvalue weighted by molar-refractivity contribution is 6.39. The van der Waals surface area contributed by atoms with E-state index >= 15 is 0 Å². The number of amides is 2. The summed E-state index contributed by atoms with van der Waals surface area (Å²) >= 11 is 14.5. The molecule has 4 aromatic rings. The number of carbonyl (C=O) groups is 2. The van der Waals surface area contributed by atoms with Crippen LogP contribution in [0.15, 0.2) is 60.7 Å². The van der Waals surface area contributed by atoms with E-state index in [0.717, 1.165) is 46.5 Å². The molecule has 6 rings (SSSR count). The summed E-state index contributed by atoms with van der Waals surface area (Å²) in [5, 5.41) is 14.5. The second-order valence-electron chi connectivity index (χ2n) is 16.0. The number of pyridine rings is 1. The number of aromatic nitrogens is 1. The zero-order chi connectivity index (χ0) is 40.3. The summed E-state index contributed by atoms with van der Waals surface area (Å²) in [5.41, 5.74) is 6.94. The lowest BCUT2D eigenvalue weighted by atomic mass is 9.91. The first-order valence-corrected chi connectivity index (χ1v) is 19.9. The number of benzene rings is 3. The SMILES string of the molecule is COc1cc(-c2cccc(-c3cccc(-c4ccc(CN(C[C@@H]5CCC(=O)N5)C(=O)OC(C)(C)C)c(OC)n4)c3Cl)c2Cl)cc2c1CN(CC(O)C(C)C)CC2. The molecule has 2 N–H and O–H groups in total. The summed E-state index contributed by atoms with van der Waals surface area (Å²) in [6, 6.07) is 19.5. The normalized spacial score (nSPS) is 16.3. The van der Waals surface area contributed by atoms with Crippen LogP contribution < -0.4 is 14.8 Å². The number of β-amino-alcohol motifs (C(OH)–C–C–N with tert-alkyl or cyclic N) is 1. The maximum absolute atomic E-state index is 13.3. The molecule has 2 atom stereocenters. The summed E-state index contributed by atoms with van der Waals surface area (Å²) in [6.45, 7) is 12.2. The Bertz CT molecular complexity index is 2070. The summed E-state index contributed by atoms with van der Waals surface area (Å²) in [7, 11) is 3.23. The summed E-state index contributed by atoms with van der Waals surface area (Å²) in [6.07, 6.45) is 1.03. The third-order valence-corrected chi connectivity index (χ3v) is 11.2. The van der Waals surface area contributed by atoms with Gasteiger partial charge in [0, 0.05) is 72.0 Å². The predicted octanol–water partition coefficient (Wildman–Crippen LogP) is 8.80. The van der Waals surface area contributed by atoms with Gasteiger partial charge >= 0.3 is 6.09 Å². The fourth-order valence-corrected chi connectivity index (χ4v) is 7.95. The average Bonchev–Trinajstić information content (AvgIpc) is 3.58. The van der Waals surface area contributed by atoms with Gasteiger partial charge in [-0.25, -0.2) is 9.78 Å². The van der Waals surface area contributed by atoms with E-state index in [1.54, 1.807) is 12.0 Å². The third-order valence-electron chi connectivity index (χ3n) is 10.4. The Morgan fingerprint density at radius 2 is 1.66 bits per heavy atom. The van der Waals surface area contributed by atoms with Crippen molar-refractivity contribution < 1.29 is 28.9 Å². The van der Waals surface area contributed by atoms with Crippen LogP contribution in [-0.2, 0) is 29.0 Å². The zero-order valence-electron chi connectivity index (χ0n) is 33.2. The molecule has 1 fully saturated rings. The van der Waals surface area contributed by atoms with Gasteiger partial charge in [-0.15, -0.1) is 0 Å². The van der Waals surface area contributed by atoms with Crippen molar-refractivity contribution in [3.8, 4) is 45.1 Å². The molecular formula is C44H52Cl2N4O6. The van der Waals surface area contributed by atoms with E-state index in [0.29, 0.717) is 65.2 Å². The van der Waals surface area contributed by atoms with E-state index in [1.807, 2.05) is 89.2 Å². The molecule has 0 bridgehead atoms. The average molecular weight is 804 g/mol. The van der Waals surface area contributed by atoms with Crippen LogP contribution in [0.1, 0.15) is 64.2 Å². The highest BCUT2D eigenvalue weighted by atomic mass is 35.5. The van der Waals surface area contributed by atoms with Crippen LogP contribution in [0.25, 0.3) is 33.5 Å². The fourth-order valence-electron chi connectivity index (χ4n) is 7.29. The van der Waals surface area contributed by atoms with E-state index < -0.39 is 11.7 Å². The molecule has 1 unspecified atom stereocenters. The number of ether oxygens (including phenoxy) is 3. The van der Waals surface area contributed by atoms with Crippen LogP contribution in [0, 0.1) is 5.92 Å². The van der Waals surface area contributed by atoms with Crippen LogP contribution >= 0.6 is 23.2 Å². The molecule has 2 aliphatic rings. The van der Waals surface area contributed by atoms with Crippen molar-refractivity contribution in [1.29, 1.82) is 0 Å². The van der Waals surface area contributed by atoms with Gasteiger partial charge in [-0.05, 0) is 68.9 Å². The van der Waals surface area contributed by atoms with Crippen LogP contribution in [0.5, 0.6) is 11.6 Å². The molecule has 3 heterocycles. The lowest BCUT2D eigenvalue weighted by Crippen LogP contribution is -2.43. The molecule has 12 heteroatoms. The van der Waals surface area contributed by atoms with Gasteiger partial charge in [0.2, 0.25) is 11.8 Å². The molecular weight excluding hydrogens is 751 g/mol. The first kappa shape index (κ1) is 41.3. The Balaban J connectivity index is 1.28. The van der Waals surface area contributed by atoms with Crippen LogP contribution in [0.2, 0.25) is 10.0 Å². The molecule has 2 amide bonds. The van der Waals surface area contributed by atoms with Crippen LogP contribution in [-0.4, -0.2) is 83.5 Å². The number of rotatable bonds is 12. The molecule has 0 aliphatic carbocycles. The van der Waals surface area contributed by atoms with Gasteiger partial charge in [0.1, 0.15) is 11.4 Å².